The summed E-state index contributed by atoms with van der Waals surface area (Å²) in [5.41, 5.74) is 0.619. The fraction of sp³-hybridized carbons (Fsp3) is 0.600. The van der Waals surface area contributed by atoms with Gasteiger partial charge in [0.15, 0.2) is 0 Å². The average molecular weight is 276 g/mol. The number of hydrogen-bond acceptors (Lipinski definition) is 4. The van der Waals surface area contributed by atoms with Gasteiger partial charge in [-0.15, -0.1) is 0 Å². The van der Waals surface area contributed by atoms with Crippen molar-refractivity contribution >= 4 is 11.7 Å². The number of nitrogens with one attached hydrogen (secondary N) is 1. The molecule has 1 aliphatic rings. The Bertz CT molecular complexity index is 438. The monoisotopic (exact) mass is 276 g/mol. The second-order valence-electron chi connectivity index (χ2n) is 5.60. The molecule has 1 aliphatic heterocycles. The zero-order valence-electron chi connectivity index (χ0n) is 12.6. The second kappa shape index (κ2) is 6.70. The third kappa shape index (κ3) is 3.70. The number of anilines is 1. The van der Waals surface area contributed by atoms with Gasteiger partial charge in [0.2, 0.25) is 0 Å². The molecule has 5 heteroatoms. The summed E-state index contributed by atoms with van der Waals surface area (Å²) in [5.74, 6) is 0.806. The molecule has 20 heavy (non-hydrogen) atoms. The van der Waals surface area contributed by atoms with Gasteiger partial charge in [0.25, 0.3) is 5.91 Å². The third-order valence-electron chi connectivity index (χ3n) is 3.76. The van der Waals surface area contributed by atoms with Gasteiger partial charge in [0.1, 0.15) is 5.82 Å². The Labute approximate surface area is 121 Å². The first-order chi connectivity index (χ1) is 9.58. The summed E-state index contributed by atoms with van der Waals surface area (Å²) in [6, 6.07) is 4.20. The maximum absolute atomic E-state index is 11.8. The van der Waals surface area contributed by atoms with E-state index >= 15 is 0 Å². The molecule has 1 aromatic heterocycles. The molecule has 0 bridgehead atoms. The van der Waals surface area contributed by atoms with Gasteiger partial charge in [-0.05, 0) is 45.0 Å². The molecule has 0 aliphatic carbocycles. The Morgan fingerprint density at radius 3 is 2.65 bits per heavy atom. The number of hydrogen-bond donors (Lipinski definition) is 1. The zero-order valence-corrected chi connectivity index (χ0v) is 12.6. The SMILES string of the molecule is CC(CNc1ccc(C(=O)N(C)C)cn1)N1CCCC1. The smallest absolute Gasteiger partial charge is 0.254 e. The van der Waals surface area contributed by atoms with Gasteiger partial charge >= 0.3 is 0 Å². The molecular weight excluding hydrogens is 252 g/mol. The minimum absolute atomic E-state index is 0.0190. The summed E-state index contributed by atoms with van der Waals surface area (Å²) in [6.07, 6.45) is 4.25. The van der Waals surface area contributed by atoms with E-state index in [0.717, 1.165) is 12.4 Å². The highest BCUT2D eigenvalue weighted by Crippen LogP contribution is 2.12. The van der Waals surface area contributed by atoms with E-state index in [4.69, 9.17) is 0 Å². The van der Waals surface area contributed by atoms with Gasteiger partial charge in [-0.1, -0.05) is 0 Å². The van der Waals surface area contributed by atoms with Crippen molar-refractivity contribution in [1.82, 2.24) is 14.8 Å². The van der Waals surface area contributed by atoms with Crippen LogP contribution in [0.5, 0.6) is 0 Å². The van der Waals surface area contributed by atoms with E-state index in [1.807, 2.05) is 12.1 Å². The second-order valence-corrected chi connectivity index (χ2v) is 5.60. The number of likely N-dealkylation sites (tertiary alicyclic amines) is 1. The molecule has 110 valence electrons. The van der Waals surface area contributed by atoms with Crippen molar-refractivity contribution in [2.75, 3.05) is 39.0 Å². The molecule has 2 rings (SSSR count). The summed E-state index contributed by atoms with van der Waals surface area (Å²) in [7, 11) is 3.48. The largest absolute Gasteiger partial charge is 0.369 e. The summed E-state index contributed by atoms with van der Waals surface area (Å²) in [6.45, 7) is 5.52. The van der Waals surface area contributed by atoms with Crippen LogP contribution in [0.15, 0.2) is 18.3 Å². The van der Waals surface area contributed by atoms with E-state index in [1.165, 1.54) is 25.9 Å². The first kappa shape index (κ1) is 14.8. The number of aromatic nitrogens is 1. The van der Waals surface area contributed by atoms with Gasteiger partial charge < -0.3 is 10.2 Å². The molecule has 1 aromatic rings. The van der Waals surface area contributed by atoms with Crippen LogP contribution in [0.25, 0.3) is 0 Å². The van der Waals surface area contributed by atoms with Crippen molar-refractivity contribution in [3.63, 3.8) is 0 Å². The predicted octanol–water partition coefficient (Wildman–Crippen LogP) is 1.68. The van der Waals surface area contributed by atoms with Crippen LogP contribution in [0.2, 0.25) is 0 Å². The van der Waals surface area contributed by atoms with Crippen LogP contribution >= 0.6 is 0 Å². The topological polar surface area (TPSA) is 48.5 Å². The Hall–Kier alpha value is -1.62. The van der Waals surface area contributed by atoms with E-state index in [1.54, 1.807) is 25.2 Å². The van der Waals surface area contributed by atoms with E-state index in [-0.39, 0.29) is 5.91 Å². The van der Waals surface area contributed by atoms with Crippen molar-refractivity contribution in [2.45, 2.75) is 25.8 Å². The van der Waals surface area contributed by atoms with Crippen molar-refractivity contribution in [2.24, 2.45) is 0 Å². The van der Waals surface area contributed by atoms with E-state index in [2.05, 4.69) is 22.1 Å². The number of nitrogens with zero attached hydrogens (tertiary/aromatic N) is 3. The van der Waals surface area contributed by atoms with Gasteiger partial charge in [0.05, 0.1) is 5.56 Å². The lowest BCUT2D eigenvalue weighted by Crippen LogP contribution is -2.35. The van der Waals surface area contributed by atoms with Crippen LogP contribution in [0.4, 0.5) is 5.82 Å². The van der Waals surface area contributed by atoms with Crippen LogP contribution < -0.4 is 5.32 Å². The van der Waals surface area contributed by atoms with E-state index in [9.17, 15) is 4.79 Å². The van der Waals surface area contributed by atoms with Crippen LogP contribution in [0.1, 0.15) is 30.1 Å². The van der Waals surface area contributed by atoms with Crippen molar-refractivity contribution < 1.29 is 4.79 Å². The molecule has 1 N–H and O–H groups in total. The minimum atomic E-state index is -0.0190. The molecule has 1 saturated heterocycles. The molecule has 2 heterocycles. The van der Waals surface area contributed by atoms with Crippen LogP contribution in [-0.2, 0) is 0 Å². The van der Waals surface area contributed by atoms with Gasteiger partial charge in [-0.2, -0.15) is 0 Å². The Kier molecular flexibility index (Phi) is 4.95. The number of pyridine rings is 1. The van der Waals surface area contributed by atoms with Crippen LogP contribution in [0, 0.1) is 0 Å². The highest BCUT2D eigenvalue weighted by molar-refractivity contribution is 5.93. The quantitative estimate of drug-likeness (QED) is 0.889. The molecule has 5 nitrogen and oxygen atoms in total. The standard InChI is InChI=1S/C15H24N4O/c1-12(19-8-4-5-9-19)10-16-14-7-6-13(11-17-14)15(20)18(2)3/h6-7,11-12H,4-5,8-10H2,1-3H3,(H,16,17). The summed E-state index contributed by atoms with van der Waals surface area (Å²) >= 11 is 0. The van der Waals surface area contributed by atoms with Crippen LogP contribution in [-0.4, -0.2) is 60.5 Å². The molecule has 1 unspecified atom stereocenters. The number of carbonyl (C=O) groups is 1. The van der Waals surface area contributed by atoms with Crippen molar-refractivity contribution in [3.8, 4) is 0 Å². The highest BCUT2D eigenvalue weighted by Gasteiger charge is 2.17. The lowest BCUT2D eigenvalue weighted by Gasteiger charge is -2.24. The molecule has 0 radical (unpaired) electrons. The molecule has 1 fully saturated rings. The maximum Gasteiger partial charge on any atom is 0.254 e. The maximum atomic E-state index is 11.8. The van der Waals surface area contributed by atoms with E-state index in [0.29, 0.717) is 11.6 Å². The summed E-state index contributed by atoms with van der Waals surface area (Å²) in [4.78, 5) is 20.1. The summed E-state index contributed by atoms with van der Waals surface area (Å²) in [5, 5.41) is 3.34. The average Bonchev–Trinajstić information content (AvgIpc) is 2.98. The first-order valence-electron chi connectivity index (χ1n) is 7.23. The molecular formula is C15H24N4O. The van der Waals surface area contributed by atoms with E-state index < -0.39 is 0 Å². The van der Waals surface area contributed by atoms with Gasteiger partial charge in [0, 0.05) is 32.9 Å². The number of carbonyl (C=O) groups excluding carboxylic acids is 1. The molecule has 0 spiro atoms. The number of amides is 1. The normalized spacial score (nSPS) is 16.9. The Balaban J connectivity index is 1.85. The van der Waals surface area contributed by atoms with Crippen molar-refractivity contribution in [3.05, 3.63) is 23.9 Å². The van der Waals surface area contributed by atoms with Gasteiger partial charge in [-0.3, -0.25) is 9.69 Å². The highest BCUT2D eigenvalue weighted by atomic mass is 16.2. The molecule has 1 atom stereocenters. The number of rotatable bonds is 5. The Morgan fingerprint density at radius 1 is 1.40 bits per heavy atom. The van der Waals surface area contributed by atoms with Crippen molar-refractivity contribution in [1.29, 1.82) is 0 Å². The lowest BCUT2D eigenvalue weighted by atomic mass is 10.2. The van der Waals surface area contributed by atoms with Gasteiger partial charge in [-0.25, -0.2) is 4.98 Å². The summed E-state index contributed by atoms with van der Waals surface area (Å²) < 4.78 is 0. The molecule has 0 aromatic carbocycles. The molecule has 1 amide bonds. The predicted molar refractivity (Wildman–Crippen MR) is 81.0 cm³/mol. The zero-order chi connectivity index (χ0) is 14.5. The molecule has 0 saturated carbocycles. The van der Waals surface area contributed by atoms with Crippen LogP contribution in [0.3, 0.4) is 0 Å². The first-order valence-corrected chi connectivity index (χ1v) is 7.23. The Morgan fingerprint density at radius 2 is 2.10 bits per heavy atom. The fourth-order valence-electron chi connectivity index (χ4n) is 2.45. The lowest BCUT2D eigenvalue weighted by molar-refractivity contribution is 0.0827. The minimum Gasteiger partial charge on any atom is -0.369 e. The third-order valence-corrected chi connectivity index (χ3v) is 3.76. The fourth-order valence-corrected chi connectivity index (χ4v) is 2.45.